The number of anilines is 1. The molecule has 2 aromatic rings. The van der Waals surface area contributed by atoms with Gasteiger partial charge in [-0.1, -0.05) is 63.2 Å². The Morgan fingerprint density at radius 3 is 2.21 bits per heavy atom. The zero-order valence-electron chi connectivity index (χ0n) is 20.2. The van der Waals surface area contributed by atoms with Crippen LogP contribution in [0.3, 0.4) is 0 Å². The Hall–Kier alpha value is -2.94. The Morgan fingerprint density at radius 1 is 1.03 bits per heavy atom. The van der Waals surface area contributed by atoms with Crippen LogP contribution in [0.1, 0.15) is 32.8 Å². The number of nitrogens with zero attached hydrogens (tertiary/aromatic N) is 2. The Bertz CT molecular complexity index is 1060. The lowest BCUT2D eigenvalue weighted by atomic mass is 10.1. The van der Waals surface area contributed by atoms with Crippen LogP contribution in [-0.2, 0) is 26.0 Å². The van der Waals surface area contributed by atoms with E-state index >= 15 is 0 Å². The number of para-hydroxylation sites is 1. The molecule has 2 rings (SSSR count). The zero-order valence-corrected chi connectivity index (χ0v) is 21.0. The number of hydrogen-bond acceptors (Lipinski definition) is 4. The molecule has 2 aromatic carbocycles. The van der Waals surface area contributed by atoms with Crippen molar-refractivity contribution in [3.63, 3.8) is 0 Å². The predicted molar refractivity (Wildman–Crippen MR) is 132 cm³/mol. The molecular weight excluding hydrogens is 457 g/mol. The second-order valence-electron chi connectivity index (χ2n) is 8.61. The van der Waals surface area contributed by atoms with Gasteiger partial charge in [-0.2, -0.15) is 0 Å². The van der Waals surface area contributed by atoms with Gasteiger partial charge in [0.25, 0.3) is 0 Å². The van der Waals surface area contributed by atoms with Crippen molar-refractivity contribution in [2.45, 2.75) is 39.7 Å². The average molecular weight is 492 g/mol. The SMILES string of the molecule is CC[C@@H](C(=O)NCC(C)C)N(CCc1ccccc1)C(=O)CN(c1ccccc1F)S(C)(=O)=O. The number of sulfonamides is 1. The van der Waals surface area contributed by atoms with Gasteiger partial charge in [0.1, 0.15) is 18.4 Å². The number of carbonyl (C=O) groups excluding carboxylic acids is 2. The molecule has 0 spiro atoms. The quantitative estimate of drug-likeness (QED) is 0.494. The summed E-state index contributed by atoms with van der Waals surface area (Å²) in [7, 11) is -3.97. The topological polar surface area (TPSA) is 86.8 Å². The summed E-state index contributed by atoms with van der Waals surface area (Å²) >= 11 is 0. The molecule has 0 aliphatic heterocycles. The molecule has 0 heterocycles. The van der Waals surface area contributed by atoms with Crippen molar-refractivity contribution in [3.05, 3.63) is 66.0 Å². The summed E-state index contributed by atoms with van der Waals surface area (Å²) in [6.07, 6.45) is 1.76. The van der Waals surface area contributed by atoms with Crippen LogP contribution in [-0.4, -0.2) is 57.1 Å². The molecule has 0 aliphatic rings. The summed E-state index contributed by atoms with van der Waals surface area (Å²) in [5.41, 5.74) is 0.769. The largest absolute Gasteiger partial charge is 0.354 e. The van der Waals surface area contributed by atoms with Crippen LogP contribution in [0.2, 0.25) is 0 Å². The van der Waals surface area contributed by atoms with Gasteiger partial charge in [-0.15, -0.1) is 0 Å². The number of hydrogen-bond donors (Lipinski definition) is 1. The molecular formula is C25H34FN3O4S. The number of amides is 2. The lowest BCUT2D eigenvalue weighted by Gasteiger charge is -2.33. The average Bonchev–Trinajstić information content (AvgIpc) is 2.79. The summed E-state index contributed by atoms with van der Waals surface area (Å²) in [6, 6.07) is 14.1. The predicted octanol–water partition coefficient (Wildman–Crippen LogP) is 3.21. The minimum atomic E-state index is -3.97. The zero-order chi connectivity index (χ0) is 25.3. The van der Waals surface area contributed by atoms with Crippen LogP contribution < -0.4 is 9.62 Å². The minimum absolute atomic E-state index is 0.210. The Labute approximate surface area is 202 Å². The van der Waals surface area contributed by atoms with E-state index in [-0.39, 0.29) is 24.1 Å². The number of nitrogens with one attached hydrogen (secondary N) is 1. The van der Waals surface area contributed by atoms with Gasteiger partial charge in [0.15, 0.2) is 0 Å². The molecule has 7 nitrogen and oxygen atoms in total. The normalized spacial score (nSPS) is 12.3. The summed E-state index contributed by atoms with van der Waals surface area (Å²) in [5.74, 6) is -1.39. The second kappa shape index (κ2) is 12.5. The molecule has 0 aromatic heterocycles. The molecule has 9 heteroatoms. The first-order valence-electron chi connectivity index (χ1n) is 11.4. The molecule has 0 bridgehead atoms. The van der Waals surface area contributed by atoms with Crippen molar-refractivity contribution in [1.82, 2.24) is 10.2 Å². The van der Waals surface area contributed by atoms with Gasteiger partial charge in [-0.05, 0) is 36.5 Å². The Balaban J connectivity index is 2.35. The van der Waals surface area contributed by atoms with E-state index in [1.54, 1.807) is 6.92 Å². The standard InChI is InChI=1S/C25H34FN3O4S/c1-5-22(25(31)27-17-19(2)3)28(16-15-20-11-7-6-8-12-20)24(30)18-29(34(4,32)33)23-14-10-9-13-21(23)26/h6-14,19,22H,5,15-18H2,1-4H3,(H,27,31)/t22-/m0/s1. The van der Waals surface area contributed by atoms with Crippen molar-refractivity contribution in [3.8, 4) is 0 Å². The lowest BCUT2D eigenvalue weighted by Crippen LogP contribution is -2.53. The summed E-state index contributed by atoms with van der Waals surface area (Å²) in [6.45, 7) is 5.80. The maximum atomic E-state index is 14.4. The molecule has 0 aliphatic carbocycles. The molecule has 0 saturated carbocycles. The van der Waals surface area contributed by atoms with Crippen LogP contribution in [0.15, 0.2) is 54.6 Å². The fourth-order valence-corrected chi connectivity index (χ4v) is 4.42. The van der Waals surface area contributed by atoms with Crippen LogP contribution in [0.4, 0.5) is 10.1 Å². The van der Waals surface area contributed by atoms with E-state index in [9.17, 15) is 22.4 Å². The van der Waals surface area contributed by atoms with Crippen molar-refractivity contribution in [1.29, 1.82) is 0 Å². The fourth-order valence-electron chi connectivity index (χ4n) is 3.57. The molecule has 0 unspecified atom stereocenters. The Kier molecular flexibility index (Phi) is 10.0. The highest BCUT2D eigenvalue weighted by atomic mass is 32.2. The summed E-state index contributed by atoms with van der Waals surface area (Å²) < 4.78 is 40.1. The summed E-state index contributed by atoms with van der Waals surface area (Å²) in [5, 5.41) is 2.87. The lowest BCUT2D eigenvalue weighted by molar-refractivity contribution is -0.139. The van der Waals surface area contributed by atoms with Gasteiger partial charge in [-0.25, -0.2) is 12.8 Å². The molecule has 0 saturated heterocycles. The van der Waals surface area contributed by atoms with Crippen LogP contribution >= 0.6 is 0 Å². The van der Waals surface area contributed by atoms with Crippen molar-refractivity contribution in [2.24, 2.45) is 5.92 Å². The minimum Gasteiger partial charge on any atom is -0.354 e. The number of rotatable bonds is 12. The van der Waals surface area contributed by atoms with Gasteiger partial charge in [0, 0.05) is 13.1 Å². The first-order valence-corrected chi connectivity index (χ1v) is 13.2. The smallest absolute Gasteiger partial charge is 0.244 e. The van der Waals surface area contributed by atoms with E-state index in [0.717, 1.165) is 22.2 Å². The molecule has 186 valence electrons. The third-order valence-electron chi connectivity index (χ3n) is 5.36. The van der Waals surface area contributed by atoms with Crippen molar-refractivity contribution in [2.75, 3.05) is 30.2 Å². The van der Waals surface area contributed by atoms with Crippen molar-refractivity contribution >= 4 is 27.5 Å². The van der Waals surface area contributed by atoms with Crippen LogP contribution in [0.25, 0.3) is 0 Å². The monoisotopic (exact) mass is 491 g/mol. The van der Waals surface area contributed by atoms with Crippen LogP contribution in [0.5, 0.6) is 0 Å². The van der Waals surface area contributed by atoms with Gasteiger partial charge < -0.3 is 10.2 Å². The highest BCUT2D eigenvalue weighted by molar-refractivity contribution is 7.92. The molecule has 2 amide bonds. The third kappa shape index (κ3) is 7.83. The van der Waals surface area contributed by atoms with E-state index in [1.807, 2.05) is 44.2 Å². The van der Waals surface area contributed by atoms with Gasteiger partial charge in [0.05, 0.1) is 11.9 Å². The van der Waals surface area contributed by atoms with E-state index in [1.165, 1.54) is 23.1 Å². The first kappa shape index (κ1) is 27.3. The maximum absolute atomic E-state index is 14.4. The van der Waals surface area contributed by atoms with E-state index in [4.69, 9.17) is 0 Å². The summed E-state index contributed by atoms with van der Waals surface area (Å²) in [4.78, 5) is 27.8. The van der Waals surface area contributed by atoms with Crippen LogP contribution in [0, 0.1) is 11.7 Å². The number of carbonyl (C=O) groups is 2. The second-order valence-corrected chi connectivity index (χ2v) is 10.5. The van der Waals surface area contributed by atoms with Gasteiger partial charge in [0.2, 0.25) is 21.8 Å². The van der Waals surface area contributed by atoms with Gasteiger partial charge >= 0.3 is 0 Å². The highest BCUT2D eigenvalue weighted by Crippen LogP contribution is 2.22. The van der Waals surface area contributed by atoms with E-state index in [0.29, 0.717) is 19.4 Å². The Morgan fingerprint density at radius 2 is 1.65 bits per heavy atom. The fraction of sp³-hybridized carbons (Fsp3) is 0.440. The number of benzene rings is 2. The molecule has 1 N–H and O–H groups in total. The molecule has 0 fully saturated rings. The molecule has 1 atom stereocenters. The maximum Gasteiger partial charge on any atom is 0.244 e. The van der Waals surface area contributed by atoms with E-state index < -0.39 is 34.3 Å². The molecule has 0 radical (unpaired) electrons. The highest BCUT2D eigenvalue weighted by Gasteiger charge is 2.32. The van der Waals surface area contributed by atoms with Crippen molar-refractivity contribution < 1.29 is 22.4 Å². The third-order valence-corrected chi connectivity index (χ3v) is 6.48. The molecule has 34 heavy (non-hydrogen) atoms. The van der Waals surface area contributed by atoms with Gasteiger partial charge in [-0.3, -0.25) is 13.9 Å². The first-order chi connectivity index (χ1) is 16.0. The van der Waals surface area contributed by atoms with E-state index in [2.05, 4.69) is 5.32 Å². The number of halogens is 1.